The SMILES string of the molecule is CC1CC(c2ccc3c(c2)c2ccccc2n3-c2ccccc2)=Cc2c1n(-c1ccc3ccccc3c1)c1ccccc21. The van der Waals surface area contributed by atoms with Gasteiger partial charge in [0.15, 0.2) is 0 Å². The molecule has 2 heteroatoms. The Hall–Kier alpha value is -5.34. The second-order valence-electron chi connectivity index (χ2n) is 11.9. The summed E-state index contributed by atoms with van der Waals surface area (Å²) in [6, 6.07) is 50.9. The Balaban J connectivity index is 1.24. The van der Waals surface area contributed by atoms with Crippen LogP contribution in [0.3, 0.4) is 0 Å². The van der Waals surface area contributed by atoms with Gasteiger partial charge in [0.05, 0.1) is 16.6 Å². The molecule has 6 aromatic carbocycles. The van der Waals surface area contributed by atoms with E-state index in [4.69, 9.17) is 0 Å². The van der Waals surface area contributed by atoms with Crippen molar-refractivity contribution in [3.8, 4) is 11.4 Å². The van der Waals surface area contributed by atoms with Crippen LogP contribution in [-0.2, 0) is 0 Å². The number of hydrogen-bond acceptors (Lipinski definition) is 0. The first-order chi connectivity index (χ1) is 21.2. The molecule has 204 valence electrons. The van der Waals surface area contributed by atoms with Gasteiger partial charge >= 0.3 is 0 Å². The summed E-state index contributed by atoms with van der Waals surface area (Å²) in [5.41, 5.74) is 11.7. The lowest BCUT2D eigenvalue weighted by atomic mass is 9.84. The zero-order valence-corrected chi connectivity index (χ0v) is 24.0. The monoisotopic (exact) mass is 550 g/mol. The molecule has 0 saturated carbocycles. The Labute approximate surface area is 250 Å². The summed E-state index contributed by atoms with van der Waals surface area (Å²) < 4.78 is 4.90. The minimum absolute atomic E-state index is 0.371. The van der Waals surface area contributed by atoms with Crippen molar-refractivity contribution in [1.29, 1.82) is 0 Å². The largest absolute Gasteiger partial charge is 0.313 e. The van der Waals surface area contributed by atoms with Gasteiger partial charge in [0, 0.05) is 44.7 Å². The summed E-state index contributed by atoms with van der Waals surface area (Å²) in [5, 5.41) is 6.46. The number of fused-ring (bicyclic) bond motifs is 7. The molecule has 2 heterocycles. The molecular weight excluding hydrogens is 520 g/mol. The van der Waals surface area contributed by atoms with Gasteiger partial charge in [-0.3, -0.25) is 0 Å². The fourth-order valence-corrected chi connectivity index (χ4v) is 7.40. The normalized spacial score (nSPS) is 14.9. The molecule has 0 saturated heterocycles. The fraction of sp³-hybridized carbons (Fsp3) is 0.0732. The van der Waals surface area contributed by atoms with Crippen molar-refractivity contribution in [2.45, 2.75) is 19.3 Å². The molecule has 2 nitrogen and oxygen atoms in total. The Morgan fingerprint density at radius 1 is 0.512 bits per heavy atom. The molecule has 0 spiro atoms. The maximum atomic E-state index is 2.51. The number of aromatic nitrogens is 2. The van der Waals surface area contributed by atoms with Crippen molar-refractivity contribution in [1.82, 2.24) is 9.13 Å². The minimum atomic E-state index is 0.371. The van der Waals surface area contributed by atoms with E-state index in [0.29, 0.717) is 5.92 Å². The topological polar surface area (TPSA) is 9.86 Å². The molecule has 1 aliphatic rings. The Kier molecular flexibility index (Phi) is 5.27. The fourth-order valence-electron chi connectivity index (χ4n) is 7.40. The van der Waals surface area contributed by atoms with Gasteiger partial charge in [0.25, 0.3) is 0 Å². The van der Waals surface area contributed by atoms with Crippen LogP contribution < -0.4 is 0 Å². The van der Waals surface area contributed by atoms with Crippen LogP contribution in [0.4, 0.5) is 0 Å². The van der Waals surface area contributed by atoms with E-state index in [1.807, 2.05) is 0 Å². The van der Waals surface area contributed by atoms with E-state index in [-0.39, 0.29) is 0 Å². The average Bonchev–Trinajstić information content (AvgIpc) is 3.58. The maximum absolute atomic E-state index is 2.51. The molecular formula is C41H30N2. The van der Waals surface area contributed by atoms with Crippen molar-refractivity contribution in [3.63, 3.8) is 0 Å². The zero-order chi connectivity index (χ0) is 28.5. The molecule has 0 aliphatic heterocycles. The quantitative estimate of drug-likeness (QED) is 0.207. The highest BCUT2D eigenvalue weighted by Crippen LogP contribution is 2.45. The molecule has 0 N–H and O–H groups in total. The van der Waals surface area contributed by atoms with Crippen molar-refractivity contribution in [3.05, 3.63) is 156 Å². The summed E-state index contributed by atoms with van der Waals surface area (Å²) in [6.45, 7) is 2.39. The molecule has 1 unspecified atom stereocenters. The summed E-state index contributed by atoms with van der Waals surface area (Å²) >= 11 is 0. The lowest BCUT2D eigenvalue weighted by Gasteiger charge is -2.24. The number of allylic oxidation sites excluding steroid dienone is 1. The standard InChI is InChI=1S/C41H30N2/c1-27-23-31(30-20-22-40-36(25-30)34-15-7-9-17-38(34)42(40)32-13-3-2-4-14-32)26-37-35-16-8-10-18-39(35)43(41(27)37)33-21-19-28-11-5-6-12-29(28)24-33/h2-22,24-27H,23H2,1H3. The summed E-state index contributed by atoms with van der Waals surface area (Å²) in [6.07, 6.45) is 3.46. The number of para-hydroxylation sites is 3. The first kappa shape index (κ1) is 24.3. The van der Waals surface area contributed by atoms with Crippen LogP contribution in [0.2, 0.25) is 0 Å². The third kappa shape index (κ3) is 3.66. The molecule has 0 amide bonds. The molecule has 8 aromatic rings. The van der Waals surface area contributed by atoms with Gasteiger partial charge in [0.2, 0.25) is 0 Å². The lowest BCUT2D eigenvalue weighted by Crippen LogP contribution is -2.09. The van der Waals surface area contributed by atoms with Crippen LogP contribution in [0.25, 0.3) is 66.5 Å². The van der Waals surface area contributed by atoms with Crippen LogP contribution in [0.15, 0.2) is 140 Å². The van der Waals surface area contributed by atoms with Crippen molar-refractivity contribution in [2.75, 3.05) is 0 Å². The predicted octanol–water partition coefficient (Wildman–Crippen LogP) is 10.9. The smallest absolute Gasteiger partial charge is 0.0541 e. The molecule has 2 aromatic heterocycles. The summed E-state index contributed by atoms with van der Waals surface area (Å²) in [7, 11) is 0. The van der Waals surface area contributed by atoms with Gasteiger partial charge in [0.1, 0.15) is 0 Å². The molecule has 0 radical (unpaired) electrons. The van der Waals surface area contributed by atoms with Gasteiger partial charge in [-0.25, -0.2) is 0 Å². The Bertz CT molecular complexity index is 2380. The number of rotatable bonds is 3. The Morgan fingerprint density at radius 3 is 2.02 bits per heavy atom. The van der Waals surface area contributed by atoms with E-state index in [1.54, 1.807) is 0 Å². The molecule has 1 atom stereocenters. The minimum Gasteiger partial charge on any atom is -0.313 e. The molecule has 0 bridgehead atoms. The van der Waals surface area contributed by atoms with Crippen molar-refractivity contribution < 1.29 is 0 Å². The van der Waals surface area contributed by atoms with Gasteiger partial charge in [-0.15, -0.1) is 0 Å². The zero-order valence-electron chi connectivity index (χ0n) is 24.0. The van der Waals surface area contributed by atoms with Crippen molar-refractivity contribution >= 4 is 55.1 Å². The third-order valence-corrected chi connectivity index (χ3v) is 9.31. The first-order valence-electron chi connectivity index (χ1n) is 15.2. The van der Waals surface area contributed by atoms with Crippen LogP contribution >= 0.6 is 0 Å². The molecule has 1 aliphatic carbocycles. The van der Waals surface area contributed by atoms with Gasteiger partial charge in [-0.1, -0.05) is 97.9 Å². The summed E-state index contributed by atoms with van der Waals surface area (Å²) in [4.78, 5) is 0. The van der Waals surface area contributed by atoms with Crippen LogP contribution in [0.1, 0.15) is 36.1 Å². The molecule has 0 fully saturated rings. The van der Waals surface area contributed by atoms with Crippen molar-refractivity contribution in [2.24, 2.45) is 0 Å². The second kappa shape index (κ2) is 9.34. The van der Waals surface area contributed by atoms with Crippen LogP contribution in [0, 0.1) is 0 Å². The number of benzene rings is 6. The highest BCUT2D eigenvalue weighted by Gasteiger charge is 2.27. The highest BCUT2D eigenvalue weighted by molar-refractivity contribution is 6.10. The van der Waals surface area contributed by atoms with Gasteiger partial charge in [-0.2, -0.15) is 0 Å². The number of nitrogens with zero attached hydrogens (tertiary/aromatic N) is 2. The van der Waals surface area contributed by atoms with Crippen LogP contribution in [0.5, 0.6) is 0 Å². The van der Waals surface area contributed by atoms with E-state index in [2.05, 4.69) is 162 Å². The van der Waals surface area contributed by atoms with E-state index in [0.717, 1.165) is 6.42 Å². The first-order valence-corrected chi connectivity index (χ1v) is 15.2. The van der Waals surface area contributed by atoms with E-state index in [9.17, 15) is 0 Å². The predicted molar refractivity (Wildman–Crippen MR) is 182 cm³/mol. The Morgan fingerprint density at radius 2 is 1.19 bits per heavy atom. The van der Waals surface area contributed by atoms with E-state index >= 15 is 0 Å². The second-order valence-corrected chi connectivity index (χ2v) is 11.9. The van der Waals surface area contributed by atoms with Crippen LogP contribution in [-0.4, -0.2) is 9.13 Å². The molecule has 9 rings (SSSR count). The summed E-state index contributed by atoms with van der Waals surface area (Å²) in [5.74, 6) is 0.371. The van der Waals surface area contributed by atoms with E-state index < -0.39 is 0 Å². The van der Waals surface area contributed by atoms with Gasteiger partial charge < -0.3 is 9.13 Å². The lowest BCUT2D eigenvalue weighted by molar-refractivity contribution is 0.733. The molecule has 43 heavy (non-hydrogen) atoms. The maximum Gasteiger partial charge on any atom is 0.0541 e. The highest BCUT2D eigenvalue weighted by atomic mass is 15.0. The van der Waals surface area contributed by atoms with Gasteiger partial charge in [-0.05, 0) is 82.9 Å². The average molecular weight is 551 g/mol. The third-order valence-electron chi connectivity index (χ3n) is 9.31. The van der Waals surface area contributed by atoms with E-state index in [1.165, 1.54) is 77.2 Å². The number of hydrogen-bond donors (Lipinski definition) is 0.